The number of ether oxygens (including phenoxy) is 1. The summed E-state index contributed by atoms with van der Waals surface area (Å²) in [5.41, 5.74) is 1.72. The molecule has 0 fully saturated rings. The Labute approximate surface area is 121 Å². The second kappa shape index (κ2) is 6.39. The van der Waals surface area contributed by atoms with Gasteiger partial charge in [0, 0.05) is 13.1 Å². The number of anilines is 1. The maximum absolute atomic E-state index is 11.0. The molecule has 6 heteroatoms. The van der Waals surface area contributed by atoms with Gasteiger partial charge < -0.3 is 10.1 Å². The minimum Gasteiger partial charge on any atom is -0.489 e. The van der Waals surface area contributed by atoms with Gasteiger partial charge in [0.2, 0.25) is 0 Å². The molecule has 2 aromatic rings. The van der Waals surface area contributed by atoms with Crippen molar-refractivity contribution in [1.29, 1.82) is 5.26 Å². The largest absolute Gasteiger partial charge is 0.489 e. The highest BCUT2D eigenvalue weighted by atomic mass is 16.6. The number of hydrogen-bond acceptors (Lipinski definition) is 5. The van der Waals surface area contributed by atoms with Crippen LogP contribution in [0.5, 0.6) is 5.75 Å². The Morgan fingerprint density at radius 1 is 1.29 bits per heavy atom. The maximum Gasteiger partial charge on any atom is 0.292 e. The zero-order valence-electron chi connectivity index (χ0n) is 11.4. The van der Waals surface area contributed by atoms with Gasteiger partial charge in [0.1, 0.15) is 18.0 Å². The van der Waals surface area contributed by atoms with Crippen LogP contribution in [0, 0.1) is 21.4 Å². The summed E-state index contributed by atoms with van der Waals surface area (Å²) in [6.07, 6.45) is 0. The van der Waals surface area contributed by atoms with Gasteiger partial charge in [-0.25, -0.2) is 0 Å². The Bertz CT molecular complexity index is 690. The molecular formula is C15H13N3O3. The standard InChI is InChI=1S/C15H13N3O3/c1-17-14-7-4-12(8-15(14)18(19)20)10-21-13-5-2-11(9-16)3-6-13/h2-8,17H,10H2,1H3. The molecule has 106 valence electrons. The van der Waals surface area contributed by atoms with Gasteiger partial charge in [-0.3, -0.25) is 10.1 Å². The molecule has 0 spiro atoms. The van der Waals surface area contributed by atoms with Crippen LogP contribution in [0.2, 0.25) is 0 Å². The monoisotopic (exact) mass is 283 g/mol. The van der Waals surface area contributed by atoms with E-state index in [9.17, 15) is 10.1 Å². The predicted molar refractivity (Wildman–Crippen MR) is 78.1 cm³/mol. The molecule has 0 heterocycles. The lowest BCUT2D eigenvalue weighted by atomic mass is 10.2. The molecule has 0 aliphatic carbocycles. The molecule has 0 amide bonds. The van der Waals surface area contributed by atoms with E-state index in [2.05, 4.69) is 5.32 Å². The number of rotatable bonds is 5. The van der Waals surface area contributed by atoms with Crippen molar-refractivity contribution in [3.63, 3.8) is 0 Å². The highest BCUT2D eigenvalue weighted by molar-refractivity contribution is 5.62. The van der Waals surface area contributed by atoms with Gasteiger partial charge in [-0.15, -0.1) is 0 Å². The second-order valence-electron chi connectivity index (χ2n) is 4.28. The van der Waals surface area contributed by atoms with Crippen LogP contribution in [0.4, 0.5) is 11.4 Å². The first-order valence-electron chi connectivity index (χ1n) is 6.22. The number of nitriles is 1. The predicted octanol–water partition coefficient (Wildman–Crippen LogP) is 3.09. The van der Waals surface area contributed by atoms with Crippen molar-refractivity contribution in [2.24, 2.45) is 0 Å². The van der Waals surface area contributed by atoms with E-state index in [1.165, 1.54) is 6.07 Å². The Balaban J connectivity index is 2.11. The third-order valence-corrected chi connectivity index (χ3v) is 2.92. The lowest BCUT2D eigenvalue weighted by molar-refractivity contribution is -0.384. The number of nitrogens with zero attached hydrogens (tertiary/aromatic N) is 2. The molecule has 2 rings (SSSR count). The van der Waals surface area contributed by atoms with Crippen molar-refractivity contribution in [1.82, 2.24) is 0 Å². The van der Waals surface area contributed by atoms with Crippen molar-refractivity contribution in [3.8, 4) is 11.8 Å². The fourth-order valence-corrected chi connectivity index (χ4v) is 1.82. The Morgan fingerprint density at radius 3 is 2.57 bits per heavy atom. The van der Waals surface area contributed by atoms with Gasteiger partial charge in [-0.05, 0) is 35.9 Å². The highest BCUT2D eigenvalue weighted by Gasteiger charge is 2.13. The van der Waals surface area contributed by atoms with Crippen LogP contribution in [-0.2, 0) is 6.61 Å². The molecule has 0 radical (unpaired) electrons. The molecule has 2 aromatic carbocycles. The highest BCUT2D eigenvalue weighted by Crippen LogP contribution is 2.25. The summed E-state index contributed by atoms with van der Waals surface area (Å²) in [5, 5.41) is 22.5. The van der Waals surface area contributed by atoms with Gasteiger partial charge in [-0.2, -0.15) is 5.26 Å². The van der Waals surface area contributed by atoms with E-state index >= 15 is 0 Å². The van der Waals surface area contributed by atoms with Crippen LogP contribution in [0.15, 0.2) is 42.5 Å². The molecule has 0 aromatic heterocycles. The van der Waals surface area contributed by atoms with E-state index in [-0.39, 0.29) is 12.3 Å². The molecule has 0 bridgehead atoms. The topological polar surface area (TPSA) is 88.2 Å². The first-order chi connectivity index (χ1) is 10.1. The molecule has 0 saturated carbocycles. The summed E-state index contributed by atoms with van der Waals surface area (Å²) in [6.45, 7) is 0.219. The average molecular weight is 283 g/mol. The quantitative estimate of drug-likeness (QED) is 0.673. The third-order valence-electron chi connectivity index (χ3n) is 2.92. The minimum atomic E-state index is -0.433. The van der Waals surface area contributed by atoms with E-state index in [1.54, 1.807) is 43.4 Å². The van der Waals surface area contributed by atoms with Crippen molar-refractivity contribution >= 4 is 11.4 Å². The van der Waals surface area contributed by atoms with E-state index in [1.807, 2.05) is 6.07 Å². The van der Waals surface area contributed by atoms with Crippen molar-refractivity contribution < 1.29 is 9.66 Å². The van der Waals surface area contributed by atoms with Crippen molar-refractivity contribution in [3.05, 3.63) is 63.7 Å². The van der Waals surface area contributed by atoms with E-state index in [0.29, 0.717) is 22.6 Å². The Hall–Kier alpha value is -3.07. The summed E-state index contributed by atoms with van der Waals surface area (Å²) >= 11 is 0. The minimum absolute atomic E-state index is 0.0124. The van der Waals surface area contributed by atoms with E-state index in [0.717, 1.165) is 0 Å². The lowest BCUT2D eigenvalue weighted by Gasteiger charge is -2.08. The zero-order valence-corrected chi connectivity index (χ0v) is 11.4. The normalized spacial score (nSPS) is 9.71. The van der Waals surface area contributed by atoms with Crippen LogP contribution >= 0.6 is 0 Å². The van der Waals surface area contributed by atoms with Crippen LogP contribution < -0.4 is 10.1 Å². The van der Waals surface area contributed by atoms with Crippen LogP contribution in [0.1, 0.15) is 11.1 Å². The van der Waals surface area contributed by atoms with Gasteiger partial charge in [-0.1, -0.05) is 6.07 Å². The van der Waals surface area contributed by atoms with Gasteiger partial charge in [0.25, 0.3) is 5.69 Å². The summed E-state index contributed by atoms with van der Waals surface area (Å²) < 4.78 is 5.55. The van der Waals surface area contributed by atoms with E-state index < -0.39 is 4.92 Å². The molecule has 0 aliphatic heterocycles. The zero-order chi connectivity index (χ0) is 15.2. The Kier molecular flexibility index (Phi) is 4.36. The molecule has 6 nitrogen and oxygen atoms in total. The summed E-state index contributed by atoms with van der Waals surface area (Å²) in [6, 6.07) is 13.6. The average Bonchev–Trinajstić information content (AvgIpc) is 2.53. The van der Waals surface area contributed by atoms with Crippen molar-refractivity contribution in [2.75, 3.05) is 12.4 Å². The first kappa shape index (κ1) is 14.3. The third kappa shape index (κ3) is 3.48. The van der Waals surface area contributed by atoms with E-state index in [4.69, 9.17) is 10.00 Å². The molecule has 0 aliphatic rings. The Morgan fingerprint density at radius 2 is 2.00 bits per heavy atom. The molecule has 21 heavy (non-hydrogen) atoms. The van der Waals surface area contributed by atoms with Crippen molar-refractivity contribution in [2.45, 2.75) is 6.61 Å². The van der Waals surface area contributed by atoms with Crippen LogP contribution in [0.3, 0.4) is 0 Å². The van der Waals surface area contributed by atoms with Gasteiger partial charge in [0.15, 0.2) is 0 Å². The smallest absolute Gasteiger partial charge is 0.292 e. The summed E-state index contributed by atoms with van der Waals surface area (Å²) in [5.74, 6) is 0.606. The number of nitrogens with one attached hydrogen (secondary N) is 1. The molecule has 0 atom stereocenters. The summed E-state index contributed by atoms with van der Waals surface area (Å²) in [4.78, 5) is 10.5. The second-order valence-corrected chi connectivity index (χ2v) is 4.28. The molecule has 0 saturated heterocycles. The van der Waals surface area contributed by atoms with Crippen LogP contribution in [0.25, 0.3) is 0 Å². The number of nitro benzene ring substituents is 1. The number of benzene rings is 2. The lowest BCUT2D eigenvalue weighted by Crippen LogP contribution is -2.00. The molecular weight excluding hydrogens is 270 g/mol. The fraction of sp³-hybridized carbons (Fsp3) is 0.133. The fourth-order valence-electron chi connectivity index (χ4n) is 1.82. The molecule has 0 unspecified atom stereocenters. The van der Waals surface area contributed by atoms with Crippen LogP contribution in [-0.4, -0.2) is 12.0 Å². The SMILES string of the molecule is CNc1ccc(COc2ccc(C#N)cc2)cc1[N+](=O)[O-]. The molecule has 1 N–H and O–H groups in total. The number of hydrogen-bond donors (Lipinski definition) is 1. The van der Waals surface area contributed by atoms with Gasteiger partial charge >= 0.3 is 0 Å². The first-order valence-corrected chi connectivity index (χ1v) is 6.22. The number of nitro groups is 1. The van der Waals surface area contributed by atoms with Gasteiger partial charge in [0.05, 0.1) is 16.6 Å². The summed E-state index contributed by atoms with van der Waals surface area (Å²) in [7, 11) is 1.63. The maximum atomic E-state index is 11.0.